The van der Waals surface area contributed by atoms with E-state index in [9.17, 15) is 14.3 Å². The highest BCUT2D eigenvalue weighted by Gasteiger charge is 2.34. The molecule has 41 heavy (non-hydrogen) atoms. The van der Waals surface area contributed by atoms with Crippen molar-refractivity contribution < 1.29 is 23.8 Å². The van der Waals surface area contributed by atoms with Gasteiger partial charge in [-0.25, -0.2) is 19.3 Å². The van der Waals surface area contributed by atoms with Crippen LogP contribution in [0.4, 0.5) is 10.3 Å². The molecular formula is C29H30FN7O4. The van der Waals surface area contributed by atoms with Crippen molar-refractivity contribution in [1.82, 2.24) is 29.8 Å². The van der Waals surface area contributed by atoms with Crippen LogP contribution in [0.15, 0.2) is 60.9 Å². The Morgan fingerprint density at radius 2 is 1.90 bits per heavy atom. The minimum atomic E-state index is -0.593. The van der Waals surface area contributed by atoms with E-state index in [-0.39, 0.29) is 24.9 Å². The van der Waals surface area contributed by atoms with Crippen LogP contribution in [0.3, 0.4) is 0 Å². The van der Waals surface area contributed by atoms with Crippen molar-refractivity contribution >= 4 is 11.9 Å². The molecule has 2 aliphatic rings. The molecule has 0 radical (unpaired) electrons. The van der Waals surface area contributed by atoms with E-state index in [0.29, 0.717) is 61.3 Å². The summed E-state index contributed by atoms with van der Waals surface area (Å²) in [6.45, 7) is 1.81. The maximum Gasteiger partial charge on any atom is 0.230 e. The second-order valence-corrected chi connectivity index (χ2v) is 10.1. The van der Waals surface area contributed by atoms with Crippen LogP contribution in [0, 0.1) is 11.7 Å². The first-order chi connectivity index (χ1) is 20.0. The van der Waals surface area contributed by atoms with Crippen LogP contribution < -0.4 is 5.32 Å². The van der Waals surface area contributed by atoms with E-state index in [1.165, 1.54) is 12.1 Å². The van der Waals surface area contributed by atoms with Crippen molar-refractivity contribution in [3.63, 3.8) is 0 Å². The molecule has 3 aromatic heterocycles. The van der Waals surface area contributed by atoms with Gasteiger partial charge in [0.05, 0.1) is 61.0 Å². The number of anilines is 1. The monoisotopic (exact) mass is 559 g/mol. The van der Waals surface area contributed by atoms with E-state index in [2.05, 4.69) is 25.3 Å². The molecule has 1 atom stereocenters. The number of aromatic amines is 1. The number of likely N-dealkylation sites (tertiary alicyclic amines) is 1. The fraction of sp³-hybridized carbons (Fsp3) is 0.345. The van der Waals surface area contributed by atoms with Crippen LogP contribution in [0.2, 0.25) is 0 Å². The molecule has 3 N–H and O–H groups in total. The van der Waals surface area contributed by atoms with Crippen LogP contribution in [0.25, 0.3) is 22.6 Å². The summed E-state index contributed by atoms with van der Waals surface area (Å²) in [5.41, 5.74) is 3.42. The van der Waals surface area contributed by atoms with Gasteiger partial charge < -0.3 is 29.8 Å². The highest BCUT2D eigenvalue weighted by atomic mass is 19.1. The first kappa shape index (κ1) is 26.9. The van der Waals surface area contributed by atoms with E-state index in [0.717, 1.165) is 11.3 Å². The fourth-order valence-electron chi connectivity index (χ4n) is 4.94. The number of carbonyl (C=O) groups is 1. The van der Waals surface area contributed by atoms with Gasteiger partial charge in [0.2, 0.25) is 11.9 Å². The number of carbonyl (C=O) groups excluding carboxylic acids is 1. The van der Waals surface area contributed by atoms with Gasteiger partial charge in [0.15, 0.2) is 6.29 Å². The molecule has 1 aromatic carbocycles. The quantitative estimate of drug-likeness (QED) is 0.297. The minimum Gasteiger partial charge on any atom is -0.391 e. The van der Waals surface area contributed by atoms with Crippen LogP contribution in [-0.4, -0.2) is 79.5 Å². The third kappa shape index (κ3) is 6.40. The number of rotatable bonds is 8. The number of nitrogens with zero attached hydrogens (tertiary/aromatic N) is 5. The summed E-state index contributed by atoms with van der Waals surface area (Å²) in [4.78, 5) is 35.9. The number of aliphatic hydroxyl groups is 1. The van der Waals surface area contributed by atoms with Gasteiger partial charge in [-0.1, -0.05) is 6.07 Å². The largest absolute Gasteiger partial charge is 0.391 e. The summed E-state index contributed by atoms with van der Waals surface area (Å²) in [7, 11) is 0. The number of aliphatic hydroxyl groups excluding tert-OH is 1. The zero-order valence-electron chi connectivity index (χ0n) is 22.2. The molecule has 0 saturated carbocycles. The maximum absolute atomic E-state index is 13.7. The predicted molar refractivity (Wildman–Crippen MR) is 147 cm³/mol. The highest BCUT2D eigenvalue weighted by Crippen LogP contribution is 2.30. The lowest BCUT2D eigenvalue weighted by Crippen LogP contribution is -2.44. The van der Waals surface area contributed by atoms with Gasteiger partial charge in [-0.3, -0.25) is 9.78 Å². The minimum absolute atomic E-state index is 0.0601. The smallest absolute Gasteiger partial charge is 0.230 e. The van der Waals surface area contributed by atoms with Crippen molar-refractivity contribution in [3.8, 4) is 22.6 Å². The number of benzene rings is 1. The van der Waals surface area contributed by atoms with Crippen molar-refractivity contribution in [3.05, 3.63) is 78.3 Å². The third-order valence-corrected chi connectivity index (χ3v) is 7.09. The summed E-state index contributed by atoms with van der Waals surface area (Å²) < 4.78 is 25.5. The SMILES string of the molecule is O=C(C1COC(Cc2nc(-c3ccc(F)cc3)c(-c3ccnc(NCc4ccccn4)n3)[nH]2)OC1)N1CCC(O)C1. The van der Waals surface area contributed by atoms with Crippen molar-refractivity contribution in [2.75, 3.05) is 31.6 Å². The molecule has 12 heteroatoms. The van der Waals surface area contributed by atoms with Crippen molar-refractivity contribution in [2.24, 2.45) is 5.92 Å². The first-order valence-electron chi connectivity index (χ1n) is 13.5. The van der Waals surface area contributed by atoms with E-state index in [1.54, 1.807) is 35.5 Å². The molecule has 5 heterocycles. The molecule has 6 rings (SSSR count). The Morgan fingerprint density at radius 1 is 1.07 bits per heavy atom. The lowest BCUT2D eigenvalue weighted by atomic mass is 10.1. The van der Waals surface area contributed by atoms with E-state index in [1.807, 2.05) is 18.2 Å². The maximum atomic E-state index is 13.7. The van der Waals surface area contributed by atoms with Gasteiger partial charge in [0.1, 0.15) is 11.6 Å². The molecule has 0 bridgehead atoms. The summed E-state index contributed by atoms with van der Waals surface area (Å²) in [6.07, 6.45) is 3.22. The van der Waals surface area contributed by atoms with Crippen molar-refractivity contribution in [2.45, 2.75) is 31.8 Å². The topological polar surface area (TPSA) is 138 Å². The first-order valence-corrected chi connectivity index (χ1v) is 13.5. The van der Waals surface area contributed by atoms with Gasteiger partial charge in [0.25, 0.3) is 0 Å². The molecule has 2 saturated heterocycles. The van der Waals surface area contributed by atoms with Crippen LogP contribution in [0.1, 0.15) is 17.9 Å². The summed E-state index contributed by atoms with van der Waals surface area (Å²) in [5, 5.41) is 12.9. The number of H-pyrrole nitrogens is 1. The standard InChI is InChI=1S/C29H30FN7O4/c30-20-6-4-18(5-7-20)26-27(23-8-11-32-29(34-23)33-14-21-3-1-2-10-31-21)36-24(35-26)13-25-40-16-19(17-41-25)28(39)37-12-9-22(38)15-37/h1-8,10-11,19,22,25,38H,9,12-17H2,(H,35,36)(H,32,33,34). The summed E-state index contributed by atoms with van der Waals surface area (Å²) in [5.74, 6) is 0.213. The normalized spacial score (nSPS) is 20.7. The number of amides is 1. The van der Waals surface area contributed by atoms with E-state index < -0.39 is 18.3 Å². The summed E-state index contributed by atoms with van der Waals surface area (Å²) >= 11 is 0. The van der Waals surface area contributed by atoms with Crippen LogP contribution in [-0.2, 0) is 27.2 Å². The van der Waals surface area contributed by atoms with Gasteiger partial charge in [-0.05, 0) is 48.9 Å². The number of hydrogen-bond donors (Lipinski definition) is 3. The Kier molecular flexibility index (Phi) is 7.94. The molecule has 2 fully saturated rings. The van der Waals surface area contributed by atoms with Gasteiger partial charge in [0, 0.05) is 31.0 Å². The summed E-state index contributed by atoms with van der Waals surface area (Å²) in [6, 6.07) is 13.6. The molecule has 212 valence electrons. The molecular weight excluding hydrogens is 529 g/mol. The molecule has 1 amide bonds. The van der Waals surface area contributed by atoms with E-state index >= 15 is 0 Å². The second kappa shape index (κ2) is 12.1. The zero-order valence-corrected chi connectivity index (χ0v) is 22.2. The lowest BCUT2D eigenvalue weighted by molar-refractivity contribution is -0.204. The average Bonchev–Trinajstić information content (AvgIpc) is 3.64. The molecule has 11 nitrogen and oxygen atoms in total. The third-order valence-electron chi connectivity index (χ3n) is 7.09. The van der Waals surface area contributed by atoms with Gasteiger partial charge >= 0.3 is 0 Å². The van der Waals surface area contributed by atoms with Gasteiger partial charge in [-0.15, -0.1) is 0 Å². The average molecular weight is 560 g/mol. The number of ether oxygens (including phenoxy) is 2. The van der Waals surface area contributed by atoms with E-state index in [4.69, 9.17) is 14.5 Å². The Bertz CT molecular complexity index is 1480. The number of β-amino-alcohol motifs (C(OH)–C–C–N with tert-alkyl or cyclic N) is 1. The number of imidazole rings is 1. The van der Waals surface area contributed by atoms with Gasteiger partial charge in [-0.2, -0.15) is 0 Å². The molecule has 0 spiro atoms. The van der Waals surface area contributed by atoms with Crippen molar-refractivity contribution in [1.29, 1.82) is 0 Å². The lowest BCUT2D eigenvalue weighted by Gasteiger charge is -2.30. The molecule has 4 aromatic rings. The molecule has 2 aliphatic heterocycles. The fourth-order valence-corrected chi connectivity index (χ4v) is 4.94. The molecule has 0 aliphatic carbocycles. The Labute approximate surface area is 235 Å². The highest BCUT2D eigenvalue weighted by molar-refractivity contribution is 5.79. The second-order valence-electron chi connectivity index (χ2n) is 10.1. The Hall–Kier alpha value is -4.26. The number of aromatic nitrogens is 5. The van der Waals surface area contributed by atoms with Crippen LogP contribution >= 0.6 is 0 Å². The Morgan fingerprint density at radius 3 is 2.63 bits per heavy atom. The number of halogens is 1. The molecule has 1 unspecified atom stereocenters. The van der Waals surface area contributed by atoms with Crippen LogP contribution in [0.5, 0.6) is 0 Å². The predicted octanol–water partition coefficient (Wildman–Crippen LogP) is 2.80. The number of nitrogens with one attached hydrogen (secondary N) is 2. The number of pyridine rings is 1. The zero-order chi connectivity index (χ0) is 28.2. The number of hydrogen-bond acceptors (Lipinski definition) is 9. The Balaban J connectivity index is 1.18.